The van der Waals surface area contributed by atoms with Crippen LogP contribution >= 0.6 is 0 Å². The van der Waals surface area contributed by atoms with Gasteiger partial charge in [-0.05, 0) is 28.7 Å². The van der Waals surface area contributed by atoms with Gasteiger partial charge in [0.1, 0.15) is 36.1 Å². The molecule has 43 heavy (non-hydrogen) atoms. The van der Waals surface area contributed by atoms with Crippen molar-refractivity contribution >= 4 is 0 Å². The monoisotopic (exact) mass is 582 g/mol. The Kier molecular flexibility index (Phi) is 11.1. The van der Waals surface area contributed by atoms with Gasteiger partial charge in [0.2, 0.25) is 0 Å². The molecule has 0 saturated heterocycles. The van der Waals surface area contributed by atoms with E-state index in [-0.39, 0.29) is 26.4 Å². The number of hydrogen-bond donors (Lipinski definition) is 2. The first-order chi connectivity index (χ1) is 21.1. The summed E-state index contributed by atoms with van der Waals surface area (Å²) < 4.78 is 26.2. The molecule has 4 aromatic rings. The van der Waals surface area contributed by atoms with Crippen molar-refractivity contribution in [2.75, 3.05) is 0 Å². The molecule has 6 unspecified atom stereocenters. The van der Waals surface area contributed by atoms with E-state index < -0.39 is 36.1 Å². The minimum absolute atomic E-state index is 0.246. The molecule has 6 heteroatoms. The van der Waals surface area contributed by atoms with Crippen LogP contribution in [0.4, 0.5) is 0 Å². The lowest BCUT2D eigenvalue weighted by atomic mass is 9.72. The van der Waals surface area contributed by atoms with Crippen molar-refractivity contribution in [3.8, 4) is 0 Å². The summed E-state index contributed by atoms with van der Waals surface area (Å²) in [7, 11) is 0. The molecule has 226 valence electrons. The molecule has 1 aliphatic rings. The van der Waals surface area contributed by atoms with Crippen molar-refractivity contribution in [1.29, 1.82) is 0 Å². The molecule has 0 amide bonds. The summed E-state index contributed by atoms with van der Waals surface area (Å²) in [5.41, 5.74) is 2.25. The molecule has 5 rings (SSSR count). The van der Waals surface area contributed by atoms with Crippen LogP contribution in [-0.2, 0) is 45.4 Å². The van der Waals surface area contributed by atoms with E-state index in [0.29, 0.717) is 12.8 Å². The predicted molar refractivity (Wildman–Crippen MR) is 166 cm³/mol. The van der Waals surface area contributed by atoms with Gasteiger partial charge in [0.15, 0.2) is 0 Å². The molecule has 0 radical (unpaired) electrons. The molecule has 2 N–H and O–H groups in total. The lowest BCUT2D eigenvalue weighted by molar-refractivity contribution is -0.309. The highest BCUT2D eigenvalue weighted by Gasteiger charge is 2.60. The van der Waals surface area contributed by atoms with Gasteiger partial charge in [0.05, 0.1) is 26.4 Å². The van der Waals surface area contributed by atoms with Gasteiger partial charge in [-0.25, -0.2) is 0 Å². The molecule has 1 saturated carbocycles. The molecule has 6 atom stereocenters. The first kappa shape index (κ1) is 31.1. The van der Waals surface area contributed by atoms with Gasteiger partial charge >= 0.3 is 0 Å². The first-order valence-corrected chi connectivity index (χ1v) is 15.1. The van der Waals surface area contributed by atoms with Crippen LogP contribution in [0.1, 0.15) is 42.0 Å². The van der Waals surface area contributed by atoms with Crippen LogP contribution in [0.5, 0.6) is 0 Å². The second kappa shape index (κ2) is 15.4. The lowest BCUT2D eigenvalue weighted by Crippen LogP contribution is -2.72. The van der Waals surface area contributed by atoms with E-state index in [1.807, 2.05) is 128 Å². The SMILES string of the molecule is CCCC1(O)C(O)C(OCc2ccccc2)C(OCc2ccccc2)C(OCc2ccccc2)C1OCc1ccccc1. The number of benzene rings is 4. The fourth-order valence-electron chi connectivity index (χ4n) is 5.82. The Morgan fingerprint density at radius 1 is 0.512 bits per heavy atom. The van der Waals surface area contributed by atoms with Crippen molar-refractivity contribution in [3.63, 3.8) is 0 Å². The van der Waals surface area contributed by atoms with E-state index in [1.165, 1.54) is 0 Å². The maximum atomic E-state index is 12.3. The van der Waals surface area contributed by atoms with E-state index >= 15 is 0 Å². The van der Waals surface area contributed by atoms with Crippen LogP contribution in [0, 0.1) is 0 Å². The minimum atomic E-state index is -1.64. The fraction of sp³-hybridized carbons (Fsp3) is 0.351. The van der Waals surface area contributed by atoms with Gasteiger partial charge in [-0.2, -0.15) is 0 Å². The maximum absolute atomic E-state index is 12.3. The Labute approximate surface area is 254 Å². The molecule has 1 aliphatic carbocycles. The molecule has 0 heterocycles. The number of aliphatic hydroxyl groups is 2. The van der Waals surface area contributed by atoms with Crippen molar-refractivity contribution < 1.29 is 29.2 Å². The summed E-state index contributed by atoms with van der Waals surface area (Å²) >= 11 is 0. The highest BCUT2D eigenvalue weighted by atomic mass is 16.6. The smallest absolute Gasteiger partial charge is 0.122 e. The van der Waals surface area contributed by atoms with E-state index in [4.69, 9.17) is 18.9 Å². The Morgan fingerprint density at radius 3 is 1.26 bits per heavy atom. The summed E-state index contributed by atoms with van der Waals surface area (Å²) in [6.07, 6.45) is -3.59. The van der Waals surface area contributed by atoms with Crippen molar-refractivity contribution in [1.82, 2.24) is 0 Å². The predicted octanol–water partition coefficient (Wildman–Crippen LogP) is 6.23. The molecule has 0 spiro atoms. The summed E-state index contributed by atoms with van der Waals surface area (Å²) in [6, 6.07) is 39.4. The molecule has 1 fully saturated rings. The third kappa shape index (κ3) is 7.98. The number of hydrogen-bond acceptors (Lipinski definition) is 6. The largest absolute Gasteiger partial charge is 0.387 e. The van der Waals surface area contributed by atoms with E-state index in [0.717, 1.165) is 22.3 Å². The third-order valence-corrected chi connectivity index (χ3v) is 8.04. The standard InChI is InChI=1S/C37H42O6/c1-2-23-37(39)35(38)33(41-25-29-17-9-4-10-18-29)32(40-24-28-15-7-3-8-16-28)34(42-26-30-19-11-5-12-20-30)36(37)43-27-31-21-13-6-14-22-31/h3-22,32-36,38-39H,2,23-27H2,1H3. The Morgan fingerprint density at radius 2 is 0.860 bits per heavy atom. The molecule has 0 aromatic heterocycles. The zero-order chi connectivity index (χ0) is 29.9. The molecular weight excluding hydrogens is 540 g/mol. The van der Waals surface area contributed by atoms with Gasteiger partial charge in [0, 0.05) is 0 Å². The Bertz CT molecular complexity index is 1340. The highest BCUT2D eigenvalue weighted by molar-refractivity contribution is 5.18. The second-order valence-electron chi connectivity index (χ2n) is 11.2. The zero-order valence-corrected chi connectivity index (χ0v) is 24.7. The average Bonchev–Trinajstić information content (AvgIpc) is 3.05. The molecule has 6 nitrogen and oxygen atoms in total. The van der Waals surface area contributed by atoms with Crippen LogP contribution < -0.4 is 0 Å². The van der Waals surface area contributed by atoms with Crippen LogP contribution in [0.15, 0.2) is 121 Å². The fourth-order valence-corrected chi connectivity index (χ4v) is 5.82. The maximum Gasteiger partial charge on any atom is 0.122 e. The van der Waals surface area contributed by atoms with Crippen LogP contribution in [0.2, 0.25) is 0 Å². The Hall–Kier alpha value is -3.36. The summed E-state index contributed by atoms with van der Waals surface area (Å²) in [5, 5.41) is 24.3. The van der Waals surface area contributed by atoms with Crippen LogP contribution in [-0.4, -0.2) is 46.3 Å². The van der Waals surface area contributed by atoms with Crippen molar-refractivity contribution in [2.24, 2.45) is 0 Å². The minimum Gasteiger partial charge on any atom is -0.387 e. The molecular formula is C37H42O6. The normalized spacial score (nSPS) is 25.4. The molecule has 4 aromatic carbocycles. The lowest BCUT2D eigenvalue weighted by Gasteiger charge is -2.53. The van der Waals surface area contributed by atoms with Gasteiger partial charge < -0.3 is 29.2 Å². The van der Waals surface area contributed by atoms with Gasteiger partial charge in [0.25, 0.3) is 0 Å². The zero-order valence-electron chi connectivity index (χ0n) is 24.7. The summed E-state index contributed by atoms with van der Waals surface area (Å²) in [6.45, 7) is 3.04. The third-order valence-electron chi connectivity index (χ3n) is 8.04. The molecule has 0 aliphatic heterocycles. The number of rotatable bonds is 14. The Balaban J connectivity index is 1.50. The van der Waals surface area contributed by atoms with Crippen LogP contribution in [0.3, 0.4) is 0 Å². The average molecular weight is 583 g/mol. The van der Waals surface area contributed by atoms with Crippen molar-refractivity contribution in [3.05, 3.63) is 144 Å². The van der Waals surface area contributed by atoms with Crippen LogP contribution in [0.25, 0.3) is 0 Å². The topological polar surface area (TPSA) is 77.4 Å². The van der Waals surface area contributed by atoms with Gasteiger partial charge in [-0.1, -0.05) is 135 Å². The molecule has 0 bridgehead atoms. The quantitative estimate of drug-likeness (QED) is 0.184. The number of aliphatic hydroxyl groups excluding tert-OH is 1. The van der Waals surface area contributed by atoms with E-state index in [2.05, 4.69) is 0 Å². The van der Waals surface area contributed by atoms with Crippen molar-refractivity contribution in [2.45, 2.75) is 82.3 Å². The van der Waals surface area contributed by atoms with Gasteiger partial charge in [-0.15, -0.1) is 0 Å². The van der Waals surface area contributed by atoms with E-state index in [9.17, 15) is 10.2 Å². The highest BCUT2D eigenvalue weighted by Crippen LogP contribution is 2.41. The second-order valence-corrected chi connectivity index (χ2v) is 11.2. The van der Waals surface area contributed by atoms with Gasteiger partial charge in [-0.3, -0.25) is 0 Å². The first-order valence-electron chi connectivity index (χ1n) is 15.1. The number of ether oxygens (including phenoxy) is 4. The van der Waals surface area contributed by atoms with E-state index in [1.54, 1.807) is 0 Å². The summed E-state index contributed by atoms with van der Waals surface area (Å²) in [4.78, 5) is 0. The summed E-state index contributed by atoms with van der Waals surface area (Å²) in [5.74, 6) is 0.